The number of aliphatic hydroxyl groups is 1. The maximum absolute atomic E-state index is 9.84. The summed E-state index contributed by atoms with van der Waals surface area (Å²) in [6, 6.07) is 8.28. The van der Waals surface area contributed by atoms with Crippen LogP contribution >= 0.6 is 11.8 Å². The highest BCUT2D eigenvalue weighted by Crippen LogP contribution is 2.13. The van der Waals surface area contributed by atoms with E-state index in [1.54, 1.807) is 0 Å². The Bertz CT molecular complexity index is 286. The van der Waals surface area contributed by atoms with Crippen molar-refractivity contribution < 1.29 is 5.11 Å². The second kappa shape index (κ2) is 6.91. The van der Waals surface area contributed by atoms with Crippen LogP contribution in [0.2, 0.25) is 0 Å². The molecule has 0 saturated heterocycles. The third-order valence-corrected chi connectivity index (χ3v) is 3.45. The van der Waals surface area contributed by atoms with Crippen molar-refractivity contribution in [2.24, 2.45) is 0 Å². The third-order valence-electron chi connectivity index (χ3n) is 2.52. The number of rotatable bonds is 6. The van der Waals surface area contributed by atoms with Crippen LogP contribution in [0.25, 0.3) is 0 Å². The zero-order valence-electron chi connectivity index (χ0n) is 9.57. The zero-order valence-corrected chi connectivity index (χ0v) is 10.4. The highest BCUT2D eigenvalue weighted by Gasteiger charge is 2.06. The Kier molecular flexibility index (Phi) is 5.81. The Balaban J connectivity index is 2.37. The molecule has 1 atom stereocenters. The van der Waals surface area contributed by atoms with Gasteiger partial charge in [-0.3, -0.25) is 0 Å². The van der Waals surface area contributed by atoms with Crippen LogP contribution < -0.4 is 0 Å². The molecular weight excluding hydrogens is 204 g/mol. The Hall–Kier alpha value is -0.470. The van der Waals surface area contributed by atoms with E-state index in [2.05, 4.69) is 26.0 Å². The van der Waals surface area contributed by atoms with E-state index in [0.29, 0.717) is 0 Å². The molecule has 0 aliphatic carbocycles. The lowest BCUT2D eigenvalue weighted by Gasteiger charge is -2.11. The van der Waals surface area contributed by atoms with Crippen LogP contribution in [0.3, 0.4) is 0 Å². The summed E-state index contributed by atoms with van der Waals surface area (Å²) in [5.41, 5.74) is 2.55. The highest BCUT2D eigenvalue weighted by molar-refractivity contribution is 7.99. The summed E-state index contributed by atoms with van der Waals surface area (Å²) < 4.78 is 0. The first kappa shape index (κ1) is 12.6. The molecule has 1 unspecified atom stereocenters. The van der Waals surface area contributed by atoms with Gasteiger partial charge in [0.2, 0.25) is 0 Å². The lowest BCUT2D eigenvalue weighted by Crippen LogP contribution is -2.12. The molecule has 84 valence electrons. The largest absolute Gasteiger partial charge is 0.393 e. The first-order valence-electron chi connectivity index (χ1n) is 5.54. The molecule has 0 saturated carbocycles. The quantitative estimate of drug-likeness (QED) is 0.749. The SMILES string of the molecule is CCSCCC(O)Cc1ccccc1C. The maximum atomic E-state index is 9.84. The van der Waals surface area contributed by atoms with Gasteiger partial charge in [-0.15, -0.1) is 0 Å². The van der Waals surface area contributed by atoms with Crippen molar-refractivity contribution in [3.8, 4) is 0 Å². The molecule has 0 aliphatic heterocycles. The fourth-order valence-electron chi connectivity index (χ4n) is 1.56. The first-order valence-corrected chi connectivity index (χ1v) is 6.69. The van der Waals surface area contributed by atoms with Crippen molar-refractivity contribution in [2.75, 3.05) is 11.5 Å². The topological polar surface area (TPSA) is 20.2 Å². The van der Waals surface area contributed by atoms with Crippen molar-refractivity contribution in [1.29, 1.82) is 0 Å². The summed E-state index contributed by atoms with van der Waals surface area (Å²) in [5.74, 6) is 2.20. The van der Waals surface area contributed by atoms with E-state index in [1.165, 1.54) is 11.1 Å². The monoisotopic (exact) mass is 224 g/mol. The molecule has 2 heteroatoms. The maximum Gasteiger partial charge on any atom is 0.0588 e. The molecule has 1 nitrogen and oxygen atoms in total. The van der Waals surface area contributed by atoms with Gasteiger partial charge in [0.25, 0.3) is 0 Å². The second-order valence-corrected chi connectivity index (χ2v) is 5.16. The highest BCUT2D eigenvalue weighted by atomic mass is 32.2. The van der Waals surface area contributed by atoms with E-state index < -0.39 is 0 Å². The molecule has 0 fully saturated rings. The van der Waals surface area contributed by atoms with Gasteiger partial charge in [-0.25, -0.2) is 0 Å². The van der Waals surface area contributed by atoms with Crippen LogP contribution in [0, 0.1) is 6.92 Å². The van der Waals surface area contributed by atoms with Gasteiger partial charge in [0.1, 0.15) is 0 Å². The van der Waals surface area contributed by atoms with Gasteiger partial charge in [-0.2, -0.15) is 11.8 Å². The standard InChI is InChI=1S/C13H20OS/c1-3-15-9-8-13(14)10-12-7-5-4-6-11(12)2/h4-7,13-14H,3,8-10H2,1-2H3. The molecule has 0 bridgehead atoms. The van der Waals surface area contributed by atoms with Crippen LogP contribution in [-0.2, 0) is 6.42 Å². The lowest BCUT2D eigenvalue weighted by atomic mass is 10.0. The summed E-state index contributed by atoms with van der Waals surface area (Å²) in [4.78, 5) is 0. The van der Waals surface area contributed by atoms with Gasteiger partial charge in [-0.05, 0) is 42.4 Å². The Morgan fingerprint density at radius 1 is 1.33 bits per heavy atom. The van der Waals surface area contributed by atoms with Crippen LogP contribution in [0.5, 0.6) is 0 Å². The number of aryl methyl sites for hydroxylation is 1. The molecule has 0 radical (unpaired) electrons. The Morgan fingerprint density at radius 2 is 2.07 bits per heavy atom. The molecule has 1 aromatic carbocycles. The van der Waals surface area contributed by atoms with Gasteiger partial charge >= 0.3 is 0 Å². The van der Waals surface area contributed by atoms with Gasteiger partial charge in [0.05, 0.1) is 6.10 Å². The fraction of sp³-hybridized carbons (Fsp3) is 0.538. The molecule has 0 spiro atoms. The van der Waals surface area contributed by atoms with Crippen LogP contribution in [0.4, 0.5) is 0 Å². The van der Waals surface area contributed by atoms with Gasteiger partial charge in [0.15, 0.2) is 0 Å². The summed E-state index contributed by atoms with van der Waals surface area (Å²) in [6.07, 6.45) is 1.49. The number of thioether (sulfide) groups is 1. The minimum absolute atomic E-state index is 0.190. The van der Waals surface area contributed by atoms with Crippen molar-refractivity contribution in [2.45, 2.75) is 32.8 Å². The van der Waals surface area contributed by atoms with Gasteiger partial charge < -0.3 is 5.11 Å². The molecular formula is C13H20OS. The van der Waals surface area contributed by atoms with E-state index in [0.717, 1.165) is 24.3 Å². The number of aliphatic hydroxyl groups excluding tert-OH is 1. The summed E-state index contributed by atoms with van der Waals surface area (Å²) in [5, 5.41) is 9.84. The minimum Gasteiger partial charge on any atom is -0.393 e. The zero-order chi connectivity index (χ0) is 11.1. The molecule has 1 rings (SSSR count). The Labute approximate surface area is 96.9 Å². The number of hydrogen-bond acceptors (Lipinski definition) is 2. The van der Waals surface area contributed by atoms with E-state index in [4.69, 9.17) is 0 Å². The minimum atomic E-state index is -0.190. The molecule has 15 heavy (non-hydrogen) atoms. The van der Waals surface area contributed by atoms with Crippen molar-refractivity contribution in [1.82, 2.24) is 0 Å². The average Bonchev–Trinajstić information content (AvgIpc) is 2.22. The van der Waals surface area contributed by atoms with E-state index in [9.17, 15) is 5.11 Å². The van der Waals surface area contributed by atoms with Gasteiger partial charge in [-0.1, -0.05) is 31.2 Å². The van der Waals surface area contributed by atoms with E-state index in [-0.39, 0.29) is 6.10 Å². The molecule has 0 aliphatic rings. The molecule has 1 N–H and O–H groups in total. The predicted molar refractivity (Wildman–Crippen MR) is 68.5 cm³/mol. The summed E-state index contributed by atoms with van der Waals surface area (Å²) in [6.45, 7) is 4.25. The van der Waals surface area contributed by atoms with Crippen molar-refractivity contribution in [3.63, 3.8) is 0 Å². The molecule has 0 heterocycles. The third kappa shape index (κ3) is 4.72. The summed E-state index contributed by atoms with van der Waals surface area (Å²) >= 11 is 1.89. The average molecular weight is 224 g/mol. The lowest BCUT2D eigenvalue weighted by molar-refractivity contribution is 0.172. The smallest absolute Gasteiger partial charge is 0.0588 e. The van der Waals surface area contributed by atoms with E-state index >= 15 is 0 Å². The first-order chi connectivity index (χ1) is 7.24. The molecule has 0 amide bonds. The fourth-order valence-corrected chi connectivity index (χ4v) is 2.29. The normalized spacial score (nSPS) is 12.7. The summed E-state index contributed by atoms with van der Waals surface area (Å²) in [7, 11) is 0. The van der Waals surface area contributed by atoms with E-state index in [1.807, 2.05) is 23.9 Å². The van der Waals surface area contributed by atoms with Crippen LogP contribution in [-0.4, -0.2) is 22.7 Å². The molecule has 1 aromatic rings. The Morgan fingerprint density at radius 3 is 2.73 bits per heavy atom. The van der Waals surface area contributed by atoms with Crippen LogP contribution in [0.15, 0.2) is 24.3 Å². The van der Waals surface area contributed by atoms with Crippen LogP contribution in [0.1, 0.15) is 24.5 Å². The predicted octanol–water partition coefficient (Wildman–Crippen LogP) is 3.04. The van der Waals surface area contributed by atoms with Gasteiger partial charge in [0, 0.05) is 0 Å². The number of benzene rings is 1. The number of hydrogen-bond donors (Lipinski definition) is 1. The second-order valence-electron chi connectivity index (χ2n) is 3.77. The van der Waals surface area contributed by atoms with Crippen molar-refractivity contribution >= 4 is 11.8 Å². The molecule has 0 aromatic heterocycles. The van der Waals surface area contributed by atoms with Crippen molar-refractivity contribution in [3.05, 3.63) is 35.4 Å².